The maximum Gasteiger partial charge on any atom is 0.0366 e. The fourth-order valence-corrected chi connectivity index (χ4v) is 1.78. The second-order valence-corrected chi connectivity index (χ2v) is 4.24. The Kier molecular flexibility index (Phi) is 4.84. The zero-order valence-corrected chi connectivity index (χ0v) is 10.3. The molecule has 0 spiro atoms. The maximum atomic E-state index is 3.87. The Morgan fingerprint density at radius 2 is 2.12 bits per heavy atom. The van der Waals surface area contributed by atoms with Gasteiger partial charge in [-0.1, -0.05) is 24.3 Å². The summed E-state index contributed by atoms with van der Waals surface area (Å²) in [6, 6.07) is 8.55. The predicted octanol–water partition coefficient (Wildman–Crippen LogP) is 3.81. The lowest BCUT2D eigenvalue weighted by atomic mass is 10.1. The summed E-state index contributed by atoms with van der Waals surface area (Å²) in [6.07, 6.45) is 4.95. The second-order valence-electron chi connectivity index (χ2n) is 4.24. The van der Waals surface area contributed by atoms with E-state index in [2.05, 4.69) is 56.3 Å². The molecule has 86 valence electrons. The van der Waals surface area contributed by atoms with E-state index in [1.165, 1.54) is 11.3 Å². The van der Waals surface area contributed by atoms with Gasteiger partial charge in [-0.2, -0.15) is 0 Å². The molecule has 1 aromatic carbocycles. The maximum absolute atomic E-state index is 3.87. The molecule has 0 aromatic heterocycles. The first-order valence-corrected chi connectivity index (χ1v) is 5.68. The summed E-state index contributed by atoms with van der Waals surface area (Å²) >= 11 is 0. The van der Waals surface area contributed by atoms with Crippen molar-refractivity contribution in [1.82, 2.24) is 0 Å². The zero-order chi connectivity index (χ0) is 12.0. The van der Waals surface area contributed by atoms with E-state index in [1.54, 1.807) is 0 Å². The van der Waals surface area contributed by atoms with Crippen LogP contribution in [-0.4, -0.2) is 13.6 Å². The van der Waals surface area contributed by atoms with Gasteiger partial charge in [-0.3, -0.25) is 0 Å². The van der Waals surface area contributed by atoms with Gasteiger partial charge in [0.2, 0.25) is 0 Å². The Balaban J connectivity index is 2.66. The molecule has 1 unspecified atom stereocenters. The molecule has 0 aliphatic heterocycles. The third-order valence-corrected chi connectivity index (χ3v) is 2.75. The normalized spacial score (nSPS) is 11.9. The molecule has 1 aromatic rings. The van der Waals surface area contributed by atoms with Crippen LogP contribution in [0.2, 0.25) is 0 Å². The first-order chi connectivity index (χ1) is 7.67. The molecule has 1 atom stereocenters. The van der Waals surface area contributed by atoms with Crippen molar-refractivity contribution < 1.29 is 0 Å². The summed E-state index contributed by atoms with van der Waals surface area (Å²) in [7, 11) is 2.12. The molecule has 0 amide bonds. The first kappa shape index (κ1) is 12.6. The number of nitrogens with zero attached hydrogens (tertiary/aromatic N) is 1. The monoisotopic (exact) mass is 215 g/mol. The lowest BCUT2D eigenvalue weighted by Gasteiger charge is -2.23. The summed E-state index contributed by atoms with van der Waals surface area (Å²) in [5.74, 6) is 0.475. The molecule has 0 saturated carbocycles. The fraction of sp³-hybridized carbons (Fsp3) is 0.333. The van der Waals surface area contributed by atoms with Gasteiger partial charge in [-0.05, 0) is 37.0 Å². The molecule has 1 heteroatoms. The van der Waals surface area contributed by atoms with Crippen molar-refractivity contribution >= 4 is 5.69 Å². The van der Waals surface area contributed by atoms with Gasteiger partial charge in [0.15, 0.2) is 0 Å². The summed E-state index contributed by atoms with van der Waals surface area (Å²) in [5.41, 5.74) is 2.55. The summed E-state index contributed by atoms with van der Waals surface area (Å²) < 4.78 is 0. The van der Waals surface area contributed by atoms with Crippen LogP contribution >= 0.6 is 0 Å². The summed E-state index contributed by atoms with van der Waals surface area (Å²) in [4.78, 5) is 2.27. The summed E-state index contributed by atoms with van der Waals surface area (Å²) in [6.45, 7) is 10.7. The highest BCUT2D eigenvalue weighted by atomic mass is 15.1. The third-order valence-electron chi connectivity index (χ3n) is 2.75. The van der Waals surface area contributed by atoms with Crippen molar-refractivity contribution in [3.63, 3.8) is 0 Å². The van der Waals surface area contributed by atoms with E-state index in [0.29, 0.717) is 5.92 Å². The SMILES string of the molecule is C=CCC(C=C)CN(C)c1cccc(C)c1. The van der Waals surface area contributed by atoms with Crippen LogP contribution in [-0.2, 0) is 0 Å². The number of anilines is 1. The number of hydrogen-bond acceptors (Lipinski definition) is 1. The molecule has 0 heterocycles. The number of rotatable bonds is 6. The van der Waals surface area contributed by atoms with Crippen molar-refractivity contribution in [2.75, 3.05) is 18.5 Å². The Labute approximate surface area is 99.1 Å². The quantitative estimate of drug-likeness (QED) is 0.652. The molecule has 0 radical (unpaired) electrons. The van der Waals surface area contributed by atoms with Crippen LogP contribution in [0, 0.1) is 12.8 Å². The highest BCUT2D eigenvalue weighted by molar-refractivity contribution is 5.47. The van der Waals surface area contributed by atoms with Crippen LogP contribution in [0.1, 0.15) is 12.0 Å². The van der Waals surface area contributed by atoms with Crippen molar-refractivity contribution in [2.24, 2.45) is 5.92 Å². The molecule has 0 N–H and O–H groups in total. The smallest absolute Gasteiger partial charge is 0.0366 e. The topological polar surface area (TPSA) is 3.24 Å². The van der Waals surface area contributed by atoms with Crippen LogP contribution in [0.25, 0.3) is 0 Å². The largest absolute Gasteiger partial charge is 0.374 e. The Morgan fingerprint density at radius 3 is 2.69 bits per heavy atom. The molecule has 16 heavy (non-hydrogen) atoms. The van der Waals surface area contributed by atoms with Gasteiger partial charge in [0, 0.05) is 19.3 Å². The van der Waals surface area contributed by atoms with Crippen LogP contribution < -0.4 is 4.90 Å². The molecule has 1 nitrogen and oxygen atoms in total. The lowest BCUT2D eigenvalue weighted by Crippen LogP contribution is -2.24. The third kappa shape index (κ3) is 3.58. The Bertz CT molecular complexity index is 354. The fourth-order valence-electron chi connectivity index (χ4n) is 1.78. The lowest BCUT2D eigenvalue weighted by molar-refractivity contribution is 0.651. The molecule has 1 rings (SSSR count). The van der Waals surface area contributed by atoms with Crippen molar-refractivity contribution in [3.8, 4) is 0 Å². The average molecular weight is 215 g/mol. The minimum Gasteiger partial charge on any atom is -0.374 e. The molecule has 0 bridgehead atoms. The molecular weight excluding hydrogens is 194 g/mol. The second kappa shape index (κ2) is 6.16. The number of aryl methyl sites for hydroxylation is 1. The number of allylic oxidation sites excluding steroid dienone is 1. The summed E-state index contributed by atoms with van der Waals surface area (Å²) in [5, 5.41) is 0. The molecule has 0 fully saturated rings. The molecule has 0 aliphatic rings. The van der Waals surface area contributed by atoms with Crippen LogP contribution in [0.5, 0.6) is 0 Å². The van der Waals surface area contributed by atoms with E-state index >= 15 is 0 Å². The van der Waals surface area contributed by atoms with Gasteiger partial charge in [-0.15, -0.1) is 13.2 Å². The van der Waals surface area contributed by atoms with Gasteiger partial charge >= 0.3 is 0 Å². The first-order valence-electron chi connectivity index (χ1n) is 5.68. The molecular formula is C15H21N. The average Bonchev–Trinajstić information content (AvgIpc) is 2.28. The van der Waals surface area contributed by atoms with Gasteiger partial charge in [0.1, 0.15) is 0 Å². The minimum atomic E-state index is 0.475. The van der Waals surface area contributed by atoms with Crippen LogP contribution in [0.4, 0.5) is 5.69 Å². The highest BCUT2D eigenvalue weighted by Crippen LogP contribution is 2.17. The Hall–Kier alpha value is -1.50. The highest BCUT2D eigenvalue weighted by Gasteiger charge is 2.07. The van der Waals surface area contributed by atoms with Gasteiger partial charge < -0.3 is 4.90 Å². The standard InChI is InChI=1S/C15H21N/c1-5-8-14(6-2)12-16(4)15-10-7-9-13(3)11-15/h5-7,9-11,14H,1-2,8,12H2,3-4H3. The van der Waals surface area contributed by atoms with Crippen molar-refractivity contribution in [2.45, 2.75) is 13.3 Å². The van der Waals surface area contributed by atoms with Crippen LogP contribution in [0.3, 0.4) is 0 Å². The van der Waals surface area contributed by atoms with E-state index in [9.17, 15) is 0 Å². The van der Waals surface area contributed by atoms with Crippen molar-refractivity contribution in [1.29, 1.82) is 0 Å². The molecule has 0 saturated heterocycles. The van der Waals surface area contributed by atoms with E-state index in [4.69, 9.17) is 0 Å². The Morgan fingerprint density at radius 1 is 1.38 bits per heavy atom. The van der Waals surface area contributed by atoms with Gasteiger partial charge in [0.25, 0.3) is 0 Å². The number of benzene rings is 1. The van der Waals surface area contributed by atoms with Gasteiger partial charge in [0.05, 0.1) is 0 Å². The van der Waals surface area contributed by atoms with Gasteiger partial charge in [-0.25, -0.2) is 0 Å². The van der Waals surface area contributed by atoms with E-state index < -0.39 is 0 Å². The molecule has 0 aliphatic carbocycles. The number of hydrogen-bond donors (Lipinski definition) is 0. The van der Waals surface area contributed by atoms with Crippen molar-refractivity contribution in [3.05, 3.63) is 55.1 Å². The van der Waals surface area contributed by atoms with E-state index in [1.807, 2.05) is 12.2 Å². The van der Waals surface area contributed by atoms with E-state index in [-0.39, 0.29) is 0 Å². The predicted molar refractivity (Wildman–Crippen MR) is 73.0 cm³/mol. The van der Waals surface area contributed by atoms with E-state index in [0.717, 1.165) is 13.0 Å². The zero-order valence-electron chi connectivity index (χ0n) is 10.3. The minimum absolute atomic E-state index is 0.475. The van der Waals surface area contributed by atoms with Crippen LogP contribution in [0.15, 0.2) is 49.6 Å².